The molecule has 1 fully saturated rings. The third kappa shape index (κ3) is 5.11. The van der Waals surface area contributed by atoms with Crippen LogP contribution in [-0.2, 0) is 14.6 Å². The van der Waals surface area contributed by atoms with Gasteiger partial charge in [0.15, 0.2) is 0 Å². The summed E-state index contributed by atoms with van der Waals surface area (Å²) in [6.07, 6.45) is 4.27. The Labute approximate surface area is 180 Å². The van der Waals surface area contributed by atoms with E-state index in [2.05, 4.69) is 26.6 Å². The van der Waals surface area contributed by atoms with Crippen molar-refractivity contribution in [2.45, 2.75) is 48.4 Å². The zero-order valence-corrected chi connectivity index (χ0v) is 18.9. The number of halogens is 1. The van der Waals surface area contributed by atoms with E-state index in [1.54, 1.807) is 18.2 Å². The van der Waals surface area contributed by atoms with E-state index in [4.69, 9.17) is 4.74 Å². The lowest BCUT2D eigenvalue weighted by Gasteiger charge is -2.16. The molecule has 0 aromatic heterocycles. The van der Waals surface area contributed by atoms with Gasteiger partial charge in [-0.2, -0.15) is 0 Å². The van der Waals surface area contributed by atoms with E-state index < -0.39 is 9.84 Å². The van der Waals surface area contributed by atoms with Crippen molar-refractivity contribution in [3.8, 4) is 5.75 Å². The average Bonchev–Trinajstić information content (AvgIpc) is 3.19. The maximum absolute atomic E-state index is 13.3. The third-order valence-corrected chi connectivity index (χ3v) is 7.43. The quantitative estimate of drug-likeness (QED) is 0.623. The Bertz CT molecular complexity index is 1000. The van der Waals surface area contributed by atoms with Crippen molar-refractivity contribution in [1.82, 2.24) is 5.32 Å². The highest BCUT2D eigenvalue weighted by molar-refractivity contribution is 9.10. The molecule has 0 heterocycles. The number of sulfone groups is 1. The Morgan fingerprint density at radius 3 is 2.55 bits per heavy atom. The molecule has 3 rings (SSSR count). The number of ether oxygens (including phenoxy) is 1. The summed E-state index contributed by atoms with van der Waals surface area (Å²) >= 11 is 3.34. The molecule has 2 N–H and O–H groups in total. The maximum atomic E-state index is 13.3. The number of carbonyl (C=O) groups excluding carboxylic acids is 1. The number of amides is 1. The van der Waals surface area contributed by atoms with E-state index in [-0.39, 0.29) is 28.3 Å². The fourth-order valence-electron chi connectivity index (χ4n) is 3.46. The Hall–Kier alpha value is -2.06. The minimum atomic E-state index is -3.79. The fraction of sp³-hybridized carbons (Fsp3) is 0.381. The molecule has 156 valence electrons. The van der Waals surface area contributed by atoms with Gasteiger partial charge in [0, 0.05) is 6.04 Å². The van der Waals surface area contributed by atoms with Crippen LogP contribution in [0.3, 0.4) is 0 Å². The van der Waals surface area contributed by atoms with Gasteiger partial charge >= 0.3 is 0 Å². The first-order chi connectivity index (χ1) is 13.8. The molecule has 1 aliphatic rings. The van der Waals surface area contributed by atoms with E-state index in [9.17, 15) is 13.2 Å². The zero-order chi connectivity index (χ0) is 21.0. The molecule has 0 radical (unpaired) electrons. The third-order valence-electron chi connectivity index (χ3n) is 5.02. The van der Waals surface area contributed by atoms with Crippen LogP contribution in [0.1, 0.15) is 31.2 Å². The summed E-state index contributed by atoms with van der Waals surface area (Å²) in [7, 11) is -2.27. The second kappa shape index (κ2) is 9.17. The van der Waals surface area contributed by atoms with Crippen LogP contribution in [0.5, 0.6) is 5.75 Å². The molecule has 1 saturated carbocycles. The summed E-state index contributed by atoms with van der Waals surface area (Å²) in [6.45, 7) is 1.86. The van der Waals surface area contributed by atoms with Gasteiger partial charge in [-0.1, -0.05) is 18.9 Å². The van der Waals surface area contributed by atoms with Crippen molar-refractivity contribution in [2.24, 2.45) is 0 Å². The van der Waals surface area contributed by atoms with E-state index in [1.807, 2.05) is 13.0 Å². The molecule has 0 unspecified atom stereocenters. The summed E-state index contributed by atoms with van der Waals surface area (Å²) in [5.74, 6) is 0.420. The van der Waals surface area contributed by atoms with Crippen LogP contribution in [0, 0.1) is 6.92 Å². The van der Waals surface area contributed by atoms with Crippen LogP contribution in [0.2, 0.25) is 0 Å². The van der Waals surface area contributed by atoms with Gasteiger partial charge in [-0.15, -0.1) is 0 Å². The number of hydrogen-bond acceptors (Lipinski definition) is 5. The summed E-state index contributed by atoms with van der Waals surface area (Å²) in [5.41, 5.74) is 1.22. The molecule has 0 saturated heterocycles. The first kappa shape index (κ1) is 21.6. The normalized spacial score (nSPS) is 14.6. The van der Waals surface area contributed by atoms with Crippen molar-refractivity contribution < 1.29 is 17.9 Å². The lowest BCUT2D eigenvalue weighted by Crippen LogP contribution is -2.36. The van der Waals surface area contributed by atoms with E-state index in [0.29, 0.717) is 15.9 Å². The van der Waals surface area contributed by atoms with Crippen LogP contribution in [-0.4, -0.2) is 34.0 Å². The molecule has 29 heavy (non-hydrogen) atoms. The molecule has 2 aromatic rings. The van der Waals surface area contributed by atoms with Crippen LogP contribution < -0.4 is 15.4 Å². The van der Waals surface area contributed by atoms with Gasteiger partial charge in [0.25, 0.3) is 0 Å². The second-order valence-electron chi connectivity index (χ2n) is 7.20. The van der Waals surface area contributed by atoms with Gasteiger partial charge in [-0.25, -0.2) is 8.42 Å². The minimum absolute atomic E-state index is 0.0222. The van der Waals surface area contributed by atoms with Crippen LogP contribution in [0.4, 0.5) is 5.69 Å². The lowest BCUT2D eigenvalue weighted by molar-refractivity contribution is -0.120. The number of benzene rings is 2. The smallest absolute Gasteiger partial charge is 0.239 e. The largest absolute Gasteiger partial charge is 0.496 e. The lowest BCUT2D eigenvalue weighted by atomic mass is 10.2. The highest BCUT2D eigenvalue weighted by atomic mass is 79.9. The summed E-state index contributed by atoms with van der Waals surface area (Å²) in [4.78, 5) is 12.5. The number of rotatable bonds is 7. The second-order valence-corrected chi connectivity index (χ2v) is 9.97. The fourth-order valence-corrected chi connectivity index (χ4v) is 5.70. The monoisotopic (exact) mass is 480 g/mol. The Kier molecular flexibility index (Phi) is 6.85. The Balaban J connectivity index is 1.83. The predicted octanol–water partition coefficient (Wildman–Crippen LogP) is 4.07. The number of carbonyl (C=O) groups is 1. The molecule has 1 amide bonds. The number of methoxy groups -OCH3 is 1. The molecular formula is C21H25BrN2O4S. The summed E-state index contributed by atoms with van der Waals surface area (Å²) in [5, 5.41) is 6.00. The van der Waals surface area contributed by atoms with Crippen molar-refractivity contribution in [3.05, 3.63) is 46.4 Å². The standard InChI is InChI=1S/C21H25BrN2O4S/c1-14-7-9-18(23-13-21(25)24-15-5-3-4-6-15)20(11-14)29(26,27)16-8-10-19(28-2)17(22)12-16/h7-12,15,23H,3-6,13H2,1-2H3,(H,24,25). The highest BCUT2D eigenvalue weighted by Gasteiger charge is 2.23. The van der Waals surface area contributed by atoms with E-state index >= 15 is 0 Å². The highest BCUT2D eigenvalue weighted by Crippen LogP contribution is 2.33. The molecule has 0 aliphatic heterocycles. The number of aryl methyl sites for hydroxylation is 1. The predicted molar refractivity (Wildman–Crippen MR) is 116 cm³/mol. The molecule has 6 nitrogen and oxygen atoms in total. The molecule has 2 aromatic carbocycles. The molecule has 8 heteroatoms. The maximum Gasteiger partial charge on any atom is 0.239 e. The minimum Gasteiger partial charge on any atom is -0.496 e. The van der Waals surface area contributed by atoms with E-state index in [1.165, 1.54) is 19.2 Å². The van der Waals surface area contributed by atoms with Gasteiger partial charge in [-0.3, -0.25) is 4.79 Å². The Morgan fingerprint density at radius 2 is 1.90 bits per heavy atom. The zero-order valence-electron chi connectivity index (χ0n) is 16.5. The summed E-state index contributed by atoms with van der Waals surface area (Å²) in [6, 6.07) is 10.00. The number of hydrogen-bond donors (Lipinski definition) is 2. The van der Waals surface area contributed by atoms with Crippen LogP contribution >= 0.6 is 15.9 Å². The first-order valence-electron chi connectivity index (χ1n) is 9.54. The molecule has 0 atom stereocenters. The molecular weight excluding hydrogens is 456 g/mol. The van der Waals surface area contributed by atoms with Gasteiger partial charge in [0.1, 0.15) is 5.75 Å². The molecule has 0 bridgehead atoms. The summed E-state index contributed by atoms with van der Waals surface area (Å²) < 4.78 is 32.3. The van der Waals surface area contributed by atoms with Gasteiger partial charge in [-0.05, 0) is 71.6 Å². The van der Waals surface area contributed by atoms with Crippen LogP contribution in [0.15, 0.2) is 50.7 Å². The van der Waals surface area contributed by atoms with Gasteiger partial charge < -0.3 is 15.4 Å². The van der Waals surface area contributed by atoms with Crippen LogP contribution in [0.25, 0.3) is 0 Å². The van der Waals surface area contributed by atoms with Crippen molar-refractivity contribution in [3.63, 3.8) is 0 Å². The number of nitrogens with one attached hydrogen (secondary N) is 2. The topological polar surface area (TPSA) is 84.5 Å². The Morgan fingerprint density at radius 1 is 1.17 bits per heavy atom. The average molecular weight is 481 g/mol. The molecule has 0 spiro atoms. The van der Waals surface area contributed by atoms with Crippen molar-refractivity contribution in [2.75, 3.05) is 19.0 Å². The van der Waals surface area contributed by atoms with E-state index in [0.717, 1.165) is 31.2 Å². The van der Waals surface area contributed by atoms with Gasteiger partial charge in [0.05, 0.1) is 33.6 Å². The van der Waals surface area contributed by atoms with Crippen molar-refractivity contribution >= 4 is 37.4 Å². The van der Waals surface area contributed by atoms with Gasteiger partial charge in [0.2, 0.25) is 15.7 Å². The number of anilines is 1. The first-order valence-corrected chi connectivity index (χ1v) is 11.8. The van der Waals surface area contributed by atoms with Crippen molar-refractivity contribution in [1.29, 1.82) is 0 Å². The molecule has 1 aliphatic carbocycles. The SMILES string of the molecule is COc1ccc(S(=O)(=O)c2cc(C)ccc2NCC(=O)NC2CCCC2)cc1Br.